The molecule has 2 rings (SSSR count). The van der Waals surface area contributed by atoms with Gasteiger partial charge in [-0.25, -0.2) is 14.6 Å². The molecule has 6 heteroatoms. The van der Waals surface area contributed by atoms with Gasteiger partial charge in [0.1, 0.15) is 23.7 Å². The average molecular weight is 287 g/mol. The minimum Gasteiger partial charge on any atom is -0.497 e. The van der Waals surface area contributed by atoms with Gasteiger partial charge in [-0.15, -0.1) is 0 Å². The number of aromatic carboxylic acids is 1. The molecule has 0 aliphatic rings. The molecule has 0 atom stereocenters. The summed E-state index contributed by atoms with van der Waals surface area (Å²) < 4.78 is 10.1. The molecule has 0 aliphatic carbocycles. The summed E-state index contributed by atoms with van der Waals surface area (Å²) in [6.07, 6.45) is 0. The van der Waals surface area contributed by atoms with Crippen LogP contribution in [-0.4, -0.2) is 29.1 Å². The van der Waals surface area contributed by atoms with Crippen molar-refractivity contribution in [3.63, 3.8) is 0 Å². The van der Waals surface area contributed by atoms with Crippen molar-refractivity contribution < 1.29 is 24.2 Å². The van der Waals surface area contributed by atoms with Gasteiger partial charge in [0.25, 0.3) is 0 Å². The second-order valence-electron chi connectivity index (χ2n) is 4.14. The third-order valence-corrected chi connectivity index (χ3v) is 2.71. The molecule has 0 saturated carbocycles. The third kappa shape index (κ3) is 3.79. The van der Waals surface area contributed by atoms with Crippen molar-refractivity contribution in [1.82, 2.24) is 4.98 Å². The molecule has 21 heavy (non-hydrogen) atoms. The summed E-state index contributed by atoms with van der Waals surface area (Å²) in [7, 11) is 1.57. The van der Waals surface area contributed by atoms with Gasteiger partial charge < -0.3 is 14.6 Å². The van der Waals surface area contributed by atoms with Crippen LogP contribution in [0.4, 0.5) is 0 Å². The number of carbonyl (C=O) groups is 2. The number of carboxylic acids is 1. The van der Waals surface area contributed by atoms with E-state index in [4.69, 9.17) is 14.6 Å². The average Bonchev–Trinajstić information content (AvgIpc) is 2.53. The van der Waals surface area contributed by atoms with Gasteiger partial charge in [-0.05, 0) is 29.8 Å². The Hall–Kier alpha value is -2.89. The van der Waals surface area contributed by atoms with E-state index >= 15 is 0 Å². The lowest BCUT2D eigenvalue weighted by molar-refractivity contribution is 0.0465. The van der Waals surface area contributed by atoms with E-state index in [0.29, 0.717) is 5.75 Å². The molecular weight excluding hydrogens is 274 g/mol. The predicted octanol–water partition coefficient (Wildman–Crippen LogP) is 2.15. The number of ether oxygens (including phenoxy) is 2. The second kappa shape index (κ2) is 6.51. The van der Waals surface area contributed by atoms with Crippen LogP contribution < -0.4 is 4.74 Å². The van der Waals surface area contributed by atoms with Crippen molar-refractivity contribution in [3.8, 4) is 5.75 Å². The topological polar surface area (TPSA) is 85.7 Å². The molecule has 0 bridgehead atoms. The Kier molecular flexibility index (Phi) is 4.50. The second-order valence-corrected chi connectivity index (χ2v) is 4.14. The number of benzene rings is 1. The number of methoxy groups -OCH3 is 1. The standard InChI is InChI=1S/C15H13NO5/c1-20-11-7-5-10(6-8-11)9-21-15(19)13-4-2-3-12(16-13)14(17)18/h2-8H,9H2,1H3,(H,17,18). The van der Waals surface area contributed by atoms with Crippen LogP contribution >= 0.6 is 0 Å². The highest BCUT2D eigenvalue weighted by atomic mass is 16.5. The van der Waals surface area contributed by atoms with E-state index in [2.05, 4.69) is 4.98 Å². The number of hydrogen-bond acceptors (Lipinski definition) is 5. The zero-order chi connectivity index (χ0) is 15.2. The number of aromatic nitrogens is 1. The number of carboxylic acid groups (broad SMARTS) is 1. The molecule has 0 unspecified atom stereocenters. The van der Waals surface area contributed by atoms with E-state index < -0.39 is 11.9 Å². The van der Waals surface area contributed by atoms with Crippen LogP contribution in [0.1, 0.15) is 26.5 Å². The molecule has 6 nitrogen and oxygen atoms in total. The molecule has 1 heterocycles. The molecule has 0 radical (unpaired) electrons. The summed E-state index contributed by atoms with van der Waals surface area (Å²) in [5, 5.41) is 8.82. The van der Waals surface area contributed by atoms with Gasteiger partial charge in [0.05, 0.1) is 7.11 Å². The third-order valence-electron chi connectivity index (χ3n) is 2.71. The highest BCUT2D eigenvalue weighted by Crippen LogP contribution is 2.12. The van der Waals surface area contributed by atoms with Crippen molar-refractivity contribution in [2.45, 2.75) is 6.61 Å². The first-order valence-electron chi connectivity index (χ1n) is 6.10. The lowest BCUT2D eigenvalue weighted by Gasteiger charge is -2.06. The van der Waals surface area contributed by atoms with Crippen molar-refractivity contribution >= 4 is 11.9 Å². The molecule has 108 valence electrons. The zero-order valence-electron chi connectivity index (χ0n) is 11.3. The lowest BCUT2D eigenvalue weighted by Crippen LogP contribution is -2.10. The van der Waals surface area contributed by atoms with Crippen molar-refractivity contribution in [2.24, 2.45) is 0 Å². The Morgan fingerprint density at radius 3 is 2.38 bits per heavy atom. The van der Waals surface area contributed by atoms with Crippen molar-refractivity contribution in [2.75, 3.05) is 7.11 Å². The Bertz CT molecular complexity index is 651. The molecule has 0 amide bonds. The van der Waals surface area contributed by atoms with Crippen molar-refractivity contribution in [3.05, 3.63) is 59.4 Å². The minimum absolute atomic E-state index is 0.0385. The monoisotopic (exact) mass is 287 g/mol. The van der Waals surface area contributed by atoms with E-state index in [-0.39, 0.29) is 18.0 Å². The molecule has 0 saturated heterocycles. The predicted molar refractivity (Wildman–Crippen MR) is 73.3 cm³/mol. The first-order chi connectivity index (χ1) is 10.1. The SMILES string of the molecule is COc1ccc(COC(=O)c2cccc(C(=O)O)n2)cc1. The van der Waals surface area contributed by atoms with E-state index in [1.165, 1.54) is 18.2 Å². The molecular formula is C15H13NO5. The van der Waals surface area contributed by atoms with E-state index in [1.54, 1.807) is 31.4 Å². The number of rotatable bonds is 5. The molecule has 1 aromatic heterocycles. The quantitative estimate of drug-likeness (QED) is 0.848. The summed E-state index contributed by atoms with van der Waals surface area (Å²) in [5.41, 5.74) is 0.552. The smallest absolute Gasteiger partial charge is 0.357 e. The number of nitrogens with zero attached hydrogens (tertiary/aromatic N) is 1. The van der Waals surface area contributed by atoms with Gasteiger partial charge in [-0.3, -0.25) is 0 Å². The molecule has 2 aromatic rings. The summed E-state index contributed by atoms with van der Waals surface area (Å²) in [6.45, 7) is 0.0712. The van der Waals surface area contributed by atoms with Crippen LogP contribution in [0, 0.1) is 0 Å². The first kappa shape index (κ1) is 14.5. The van der Waals surface area contributed by atoms with Crippen LogP contribution in [0.15, 0.2) is 42.5 Å². The normalized spacial score (nSPS) is 9.95. The van der Waals surface area contributed by atoms with Crippen LogP contribution in [0.3, 0.4) is 0 Å². The summed E-state index contributed by atoms with van der Waals surface area (Å²) >= 11 is 0. The number of carbonyl (C=O) groups excluding carboxylic acids is 1. The summed E-state index contributed by atoms with van der Waals surface area (Å²) in [4.78, 5) is 26.3. The van der Waals surface area contributed by atoms with Crippen molar-refractivity contribution in [1.29, 1.82) is 0 Å². The van der Waals surface area contributed by atoms with E-state index in [9.17, 15) is 9.59 Å². The molecule has 0 spiro atoms. The summed E-state index contributed by atoms with van der Waals surface area (Å²) in [6, 6.07) is 11.2. The molecule has 1 aromatic carbocycles. The maximum Gasteiger partial charge on any atom is 0.357 e. The minimum atomic E-state index is -1.19. The highest BCUT2D eigenvalue weighted by Gasteiger charge is 2.12. The van der Waals surface area contributed by atoms with Crippen LogP contribution in [0.25, 0.3) is 0 Å². The fourth-order valence-corrected chi connectivity index (χ4v) is 1.61. The Balaban J connectivity index is 2.00. The van der Waals surface area contributed by atoms with Crippen LogP contribution in [0.2, 0.25) is 0 Å². The van der Waals surface area contributed by atoms with Gasteiger partial charge >= 0.3 is 11.9 Å². The number of hydrogen-bond donors (Lipinski definition) is 1. The van der Waals surface area contributed by atoms with Gasteiger partial charge in [-0.2, -0.15) is 0 Å². The largest absolute Gasteiger partial charge is 0.497 e. The van der Waals surface area contributed by atoms with E-state index in [0.717, 1.165) is 5.56 Å². The van der Waals surface area contributed by atoms with Gasteiger partial charge in [0.15, 0.2) is 0 Å². The van der Waals surface area contributed by atoms with Crippen LogP contribution in [-0.2, 0) is 11.3 Å². The Morgan fingerprint density at radius 1 is 1.10 bits per heavy atom. The van der Waals surface area contributed by atoms with Gasteiger partial charge in [0, 0.05) is 0 Å². The Morgan fingerprint density at radius 2 is 1.76 bits per heavy atom. The maximum atomic E-state index is 11.8. The number of esters is 1. The fourth-order valence-electron chi connectivity index (χ4n) is 1.61. The summed E-state index contributed by atoms with van der Waals surface area (Å²) in [5.74, 6) is -1.16. The highest BCUT2D eigenvalue weighted by molar-refractivity contribution is 5.90. The van der Waals surface area contributed by atoms with Crippen LogP contribution in [0.5, 0.6) is 5.75 Å². The van der Waals surface area contributed by atoms with E-state index in [1.807, 2.05) is 0 Å². The molecule has 0 fully saturated rings. The van der Waals surface area contributed by atoms with Gasteiger partial charge in [0.2, 0.25) is 0 Å². The van der Waals surface area contributed by atoms with Gasteiger partial charge in [-0.1, -0.05) is 18.2 Å². The maximum absolute atomic E-state index is 11.8. The molecule has 0 aliphatic heterocycles. The zero-order valence-corrected chi connectivity index (χ0v) is 11.3. The Labute approximate surface area is 121 Å². The number of pyridine rings is 1. The fraction of sp³-hybridized carbons (Fsp3) is 0.133. The molecule has 1 N–H and O–H groups in total. The first-order valence-corrected chi connectivity index (χ1v) is 6.10. The lowest BCUT2D eigenvalue weighted by atomic mass is 10.2.